The Morgan fingerprint density at radius 1 is 1.59 bits per heavy atom. The van der Waals surface area contributed by atoms with Crippen molar-refractivity contribution in [3.63, 3.8) is 0 Å². The summed E-state index contributed by atoms with van der Waals surface area (Å²) >= 11 is 0. The topological polar surface area (TPSA) is 50.5 Å². The van der Waals surface area contributed by atoms with E-state index in [2.05, 4.69) is 16.9 Å². The molecule has 0 amide bonds. The monoisotopic (exact) mass is 239 g/mol. The van der Waals surface area contributed by atoms with Gasteiger partial charge in [-0.3, -0.25) is 9.58 Å². The molecule has 1 aliphatic rings. The maximum atomic E-state index is 9.43. The largest absolute Gasteiger partial charge is 0.396 e. The SMILES string of the molecule is CCN(Cc1cnn(C)c1)CC1(CO)COC1. The lowest BCUT2D eigenvalue weighted by Crippen LogP contribution is -2.53. The lowest BCUT2D eigenvalue weighted by Gasteiger charge is -2.43. The van der Waals surface area contributed by atoms with Gasteiger partial charge in [-0.15, -0.1) is 0 Å². The number of nitrogens with zero attached hydrogens (tertiary/aromatic N) is 3. The molecule has 1 aliphatic heterocycles. The standard InChI is InChI=1S/C12H21N3O2/c1-3-15(6-11-4-13-14(2)5-11)7-12(8-16)9-17-10-12/h4-5,16H,3,6-10H2,1-2H3. The van der Waals surface area contributed by atoms with Gasteiger partial charge in [-0.1, -0.05) is 6.92 Å². The van der Waals surface area contributed by atoms with Crippen molar-refractivity contribution >= 4 is 0 Å². The number of rotatable bonds is 6. The smallest absolute Gasteiger partial charge is 0.0579 e. The molecule has 1 aromatic heterocycles. The van der Waals surface area contributed by atoms with E-state index in [1.165, 1.54) is 5.56 Å². The predicted octanol–water partition coefficient (Wildman–Crippen LogP) is 0.251. The number of aliphatic hydroxyl groups excluding tert-OH is 1. The molecule has 0 spiro atoms. The predicted molar refractivity (Wildman–Crippen MR) is 64.5 cm³/mol. The molecule has 0 aliphatic carbocycles. The van der Waals surface area contributed by atoms with E-state index in [1.54, 1.807) is 0 Å². The van der Waals surface area contributed by atoms with Gasteiger partial charge in [-0.25, -0.2) is 0 Å². The van der Waals surface area contributed by atoms with Crippen molar-refractivity contribution < 1.29 is 9.84 Å². The summed E-state index contributed by atoms with van der Waals surface area (Å²) in [5.41, 5.74) is 1.17. The van der Waals surface area contributed by atoms with Gasteiger partial charge in [-0.2, -0.15) is 5.10 Å². The summed E-state index contributed by atoms with van der Waals surface area (Å²) in [5.74, 6) is 0. The Morgan fingerprint density at radius 2 is 2.35 bits per heavy atom. The van der Waals surface area contributed by atoms with Gasteiger partial charge in [0.05, 0.1) is 31.4 Å². The van der Waals surface area contributed by atoms with Crippen LogP contribution in [0.2, 0.25) is 0 Å². The van der Waals surface area contributed by atoms with Crippen LogP contribution in [0.15, 0.2) is 12.4 Å². The molecule has 1 saturated heterocycles. The molecule has 0 bridgehead atoms. The van der Waals surface area contributed by atoms with Crippen molar-refractivity contribution in [2.24, 2.45) is 12.5 Å². The van der Waals surface area contributed by atoms with Crippen molar-refractivity contribution in [1.82, 2.24) is 14.7 Å². The highest BCUT2D eigenvalue weighted by atomic mass is 16.5. The average Bonchev–Trinajstić information content (AvgIpc) is 2.67. The van der Waals surface area contributed by atoms with Crippen LogP contribution in [0.25, 0.3) is 0 Å². The molecule has 0 atom stereocenters. The summed E-state index contributed by atoms with van der Waals surface area (Å²) in [6.45, 7) is 6.43. The Bertz CT molecular complexity index is 355. The van der Waals surface area contributed by atoms with Crippen molar-refractivity contribution in [3.8, 4) is 0 Å². The van der Waals surface area contributed by atoms with Gasteiger partial charge >= 0.3 is 0 Å². The fraction of sp³-hybridized carbons (Fsp3) is 0.750. The average molecular weight is 239 g/mol. The first-order valence-corrected chi connectivity index (χ1v) is 6.06. The van der Waals surface area contributed by atoms with Crippen LogP contribution in [0.3, 0.4) is 0 Å². The summed E-state index contributed by atoms with van der Waals surface area (Å²) in [7, 11) is 1.93. The molecule has 17 heavy (non-hydrogen) atoms. The van der Waals surface area contributed by atoms with Gasteiger partial charge in [0, 0.05) is 31.9 Å². The van der Waals surface area contributed by atoms with Crippen LogP contribution in [-0.2, 0) is 18.3 Å². The molecule has 5 heteroatoms. The van der Waals surface area contributed by atoms with Crippen LogP contribution < -0.4 is 0 Å². The molecule has 5 nitrogen and oxygen atoms in total. The number of aryl methyl sites for hydroxylation is 1. The van der Waals surface area contributed by atoms with E-state index in [0.29, 0.717) is 13.2 Å². The van der Waals surface area contributed by atoms with Crippen molar-refractivity contribution in [3.05, 3.63) is 18.0 Å². The van der Waals surface area contributed by atoms with E-state index in [-0.39, 0.29) is 12.0 Å². The number of aromatic nitrogens is 2. The molecule has 2 heterocycles. The third kappa shape index (κ3) is 2.86. The Balaban J connectivity index is 1.92. The molecule has 1 N–H and O–H groups in total. The Morgan fingerprint density at radius 3 is 2.76 bits per heavy atom. The van der Waals surface area contributed by atoms with Crippen LogP contribution in [0.4, 0.5) is 0 Å². The molecule has 1 fully saturated rings. The molecule has 0 aromatic carbocycles. The number of hydrogen-bond acceptors (Lipinski definition) is 4. The Labute approximate surface area is 102 Å². The molecule has 96 valence electrons. The second kappa shape index (κ2) is 5.16. The number of ether oxygens (including phenoxy) is 1. The summed E-state index contributed by atoms with van der Waals surface area (Å²) in [6.07, 6.45) is 3.93. The minimum atomic E-state index is -0.0434. The van der Waals surface area contributed by atoms with Crippen LogP contribution in [0.1, 0.15) is 12.5 Å². The van der Waals surface area contributed by atoms with Crippen LogP contribution >= 0.6 is 0 Å². The maximum absolute atomic E-state index is 9.43. The minimum absolute atomic E-state index is 0.0434. The normalized spacial score (nSPS) is 18.4. The van der Waals surface area contributed by atoms with E-state index < -0.39 is 0 Å². The van der Waals surface area contributed by atoms with Gasteiger partial charge in [-0.05, 0) is 6.54 Å². The highest BCUT2D eigenvalue weighted by molar-refractivity contribution is 5.03. The Hall–Kier alpha value is -0.910. The highest BCUT2D eigenvalue weighted by Crippen LogP contribution is 2.28. The molecular weight excluding hydrogens is 218 g/mol. The first-order valence-electron chi connectivity index (χ1n) is 6.06. The molecule has 1 aromatic rings. The number of hydrogen-bond donors (Lipinski definition) is 1. The zero-order chi connectivity index (χ0) is 12.3. The highest BCUT2D eigenvalue weighted by Gasteiger charge is 2.39. The van der Waals surface area contributed by atoms with E-state index in [9.17, 15) is 5.11 Å². The quantitative estimate of drug-likeness (QED) is 0.773. The van der Waals surface area contributed by atoms with E-state index in [4.69, 9.17) is 4.74 Å². The summed E-state index contributed by atoms with van der Waals surface area (Å²) in [4.78, 5) is 2.33. The van der Waals surface area contributed by atoms with Crippen molar-refractivity contribution in [2.45, 2.75) is 13.5 Å². The van der Waals surface area contributed by atoms with Gasteiger partial charge in [0.1, 0.15) is 0 Å². The van der Waals surface area contributed by atoms with E-state index in [0.717, 1.165) is 19.6 Å². The van der Waals surface area contributed by atoms with Gasteiger partial charge in [0.15, 0.2) is 0 Å². The summed E-state index contributed by atoms with van der Waals surface area (Å²) in [6, 6.07) is 0. The van der Waals surface area contributed by atoms with Crippen LogP contribution in [0.5, 0.6) is 0 Å². The lowest BCUT2D eigenvalue weighted by molar-refractivity contribution is -0.148. The first-order chi connectivity index (χ1) is 8.17. The summed E-state index contributed by atoms with van der Waals surface area (Å²) < 4.78 is 7.04. The first kappa shape index (κ1) is 12.5. The third-order valence-corrected chi connectivity index (χ3v) is 3.32. The maximum Gasteiger partial charge on any atom is 0.0579 e. The van der Waals surface area contributed by atoms with Gasteiger partial charge in [0.25, 0.3) is 0 Å². The Kier molecular flexibility index (Phi) is 3.81. The minimum Gasteiger partial charge on any atom is -0.396 e. The van der Waals surface area contributed by atoms with Crippen molar-refractivity contribution in [1.29, 1.82) is 0 Å². The molecule has 0 unspecified atom stereocenters. The van der Waals surface area contributed by atoms with E-state index in [1.807, 2.05) is 24.1 Å². The third-order valence-electron chi connectivity index (χ3n) is 3.32. The molecule has 0 radical (unpaired) electrons. The van der Waals surface area contributed by atoms with Crippen LogP contribution in [-0.4, -0.2) is 52.7 Å². The fourth-order valence-electron chi connectivity index (χ4n) is 2.19. The summed E-state index contributed by atoms with van der Waals surface area (Å²) in [5, 5.41) is 13.6. The lowest BCUT2D eigenvalue weighted by atomic mass is 9.86. The van der Waals surface area contributed by atoms with E-state index >= 15 is 0 Å². The zero-order valence-corrected chi connectivity index (χ0v) is 10.6. The van der Waals surface area contributed by atoms with Crippen molar-refractivity contribution in [2.75, 3.05) is 32.9 Å². The zero-order valence-electron chi connectivity index (χ0n) is 10.6. The molecular formula is C12H21N3O2. The number of aliphatic hydroxyl groups is 1. The second-order valence-electron chi connectivity index (χ2n) is 4.98. The fourth-order valence-corrected chi connectivity index (χ4v) is 2.19. The van der Waals surface area contributed by atoms with Crippen LogP contribution in [0, 0.1) is 5.41 Å². The molecule has 0 saturated carbocycles. The second-order valence-corrected chi connectivity index (χ2v) is 4.98. The van der Waals surface area contributed by atoms with Gasteiger partial charge < -0.3 is 9.84 Å². The molecule has 2 rings (SSSR count). The van der Waals surface area contributed by atoms with Gasteiger partial charge in [0.2, 0.25) is 0 Å².